The van der Waals surface area contributed by atoms with Crippen LogP contribution in [0.1, 0.15) is 24.8 Å². The molecule has 1 amide bonds. The van der Waals surface area contributed by atoms with Crippen LogP contribution in [0.3, 0.4) is 0 Å². The summed E-state index contributed by atoms with van der Waals surface area (Å²) >= 11 is 0. The lowest BCUT2D eigenvalue weighted by Gasteiger charge is -2.25. The summed E-state index contributed by atoms with van der Waals surface area (Å²) in [5.41, 5.74) is -2.67. The number of pyridine rings is 1. The lowest BCUT2D eigenvalue weighted by Crippen LogP contribution is -2.42. The van der Waals surface area contributed by atoms with Crippen LogP contribution in [0.15, 0.2) is 23.1 Å². The zero-order chi connectivity index (χ0) is 19.3. The van der Waals surface area contributed by atoms with Gasteiger partial charge in [-0.2, -0.15) is 13.2 Å². The molecule has 1 aromatic rings. The van der Waals surface area contributed by atoms with Gasteiger partial charge < -0.3 is 19.3 Å². The van der Waals surface area contributed by atoms with Crippen molar-refractivity contribution >= 4 is 11.9 Å². The van der Waals surface area contributed by atoms with Crippen LogP contribution in [0.2, 0.25) is 0 Å². The lowest BCUT2D eigenvalue weighted by atomic mass is 10.2. The van der Waals surface area contributed by atoms with Gasteiger partial charge in [-0.3, -0.25) is 14.4 Å². The van der Waals surface area contributed by atoms with Gasteiger partial charge in [0.1, 0.15) is 12.1 Å². The molecule has 10 heteroatoms. The number of carboxylic acids is 1. The Hall–Kier alpha value is -2.36. The van der Waals surface area contributed by atoms with Crippen molar-refractivity contribution in [2.75, 3.05) is 19.7 Å². The summed E-state index contributed by atoms with van der Waals surface area (Å²) in [6, 6.07) is 1.69. The first-order chi connectivity index (χ1) is 12.2. The molecule has 1 saturated heterocycles. The van der Waals surface area contributed by atoms with Gasteiger partial charge >= 0.3 is 12.1 Å². The van der Waals surface area contributed by atoms with Gasteiger partial charge in [0.2, 0.25) is 5.91 Å². The second-order valence-corrected chi connectivity index (χ2v) is 5.97. The number of alkyl halides is 3. The Morgan fingerprint density at radius 2 is 2.12 bits per heavy atom. The zero-order valence-electron chi connectivity index (χ0n) is 13.9. The highest BCUT2D eigenvalue weighted by atomic mass is 19.4. The van der Waals surface area contributed by atoms with Gasteiger partial charge in [0.25, 0.3) is 5.56 Å². The number of hydrogen-bond acceptors (Lipinski definition) is 4. The highest BCUT2D eigenvalue weighted by molar-refractivity contribution is 5.77. The SMILES string of the molecule is O=C(O)CCN(CC1CCCO1)C(=O)Cn1cccc(C(F)(F)F)c1=O. The third kappa shape index (κ3) is 5.32. The van der Waals surface area contributed by atoms with E-state index >= 15 is 0 Å². The first-order valence-corrected chi connectivity index (χ1v) is 8.06. The molecule has 0 radical (unpaired) electrons. The predicted octanol–water partition coefficient (Wildman–Crippen LogP) is 1.35. The number of carbonyl (C=O) groups is 2. The fraction of sp³-hybridized carbons (Fsp3) is 0.562. The molecule has 1 atom stereocenters. The molecule has 0 saturated carbocycles. The van der Waals surface area contributed by atoms with Crippen LogP contribution >= 0.6 is 0 Å². The molecule has 0 bridgehead atoms. The van der Waals surface area contributed by atoms with Crippen LogP contribution in [-0.2, 0) is 27.0 Å². The molecule has 0 aromatic carbocycles. The molecular weight excluding hydrogens is 357 g/mol. The van der Waals surface area contributed by atoms with Crippen molar-refractivity contribution in [3.8, 4) is 0 Å². The number of halogens is 3. The highest BCUT2D eigenvalue weighted by Gasteiger charge is 2.34. The van der Waals surface area contributed by atoms with E-state index in [1.807, 2.05) is 0 Å². The van der Waals surface area contributed by atoms with E-state index in [-0.39, 0.29) is 25.6 Å². The minimum Gasteiger partial charge on any atom is -0.481 e. The Bertz CT molecular complexity index is 711. The summed E-state index contributed by atoms with van der Waals surface area (Å²) in [7, 11) is 0. The van der Waals surface area contributed by atoms with Crippen molar-refractivity contribution in [3.05, 3.63) is 34.2 Å². The van der Waals surface area contributed by atoms with Gasteiger partial charge in [-0.05, 0) is 25.0 Å². The number of carbonyl (C=O) groups excluding carboxylic acids is 1. The maximum atomic E-state index is 12.8. The fourth-order valence-electron chi connectivity index (χ4n) is 2.71. The molecule has 2 rings (SSSR count). The minimum atomic E-state index is -4.82. The zero-order valence-corrected chi connectivity index (χ0v) is 13.9. The molecule has 7 nitrogen and oxygen atoms in total. The monoisotopic (exact) mass is 376 g/mol. The molecule has 1 unspecified atom stereocenters. The average molecular weight is 376 g/mol. The topological polar surface area (TPSA) is 88.8 Å². The van der Waals surface area contributed by atoms with Gasteiger partial charge in [0.15, 0.2) is 0 Å². The Morgan fingerprint density at radius 1 is 1.38 bits per heavy atom. The van der Waals surface area contributed by atoms with Crippen LogP contribution in [-0.4, -0.2) is 52.3 Å². The van der Waals surface area contributed by atoms with Crippen molar-refractivity contribution in [1.29, 1.82) is 0 Å². The summed E-state index contributed by atoms with van der Waals surface area (Å²) in [5.74, 6) is -1.74. The molecule has 2 heterocycles. The Morgan fingerprint density at radius 3 is 2.69 bits per heavy atom. The molecule has 0 aliphatic carbocycles. The number of aromatic nitrogens is 1. The predicted molar refractivity (Wildman–Crippen MR) is 83.5 cm³/mol. The van der Waals surface area contributed by atoms with E-state index in [0.717, 1.165) is 18.7 Å². The standard InChI is InChI=1S/C16H19F3N2O5/c17-16(18,19)12-4-1-6-21(15(12)25)10-13(22)20(7-5-14(23)24)9-11-3-2-8-26-11/h1,4,6,11H,2-3,5,7-10H2,(H,23,24). The van der Waals surface area contributed by atoms with E-state index in [2.05, 4.69) is 0 Å². The van der Waals surface area contributed by atoms with E-state index in [0.29, 0.717) is 23.7 Å². The number of nitrogens with zero attached hydrogens (tertiary/aromatic N) is 2. The fourth-order valence-corrected chi connectivity index (χ4v) is 2.71. The van der Waals surface area contributed by atoms with E-state index in [4.69, 9.17) is 9.84 Å². The van der Waals surface area contributed by atoms with Crippen molar-refractivity contribution in [3.63, 3.8) is 0 Å². The Labute approximate surface area is 147 Å². The van der Waals surface area contributed by atoms with Gasteiger partial charge in [-0.1, -0.05) is 0 Å². The van der Waals surface area contributed by atoms with Crippen molar-refractivity contribution in [2.45, 2.75) is 38.1 Å². The van der Waals surface area contributed by atoms with Crippen molar-refractivity contribution < 1.29 is 32.6 Å². The van der Waals surface area contributed by atoms with Crippen molar-refractivity contribution in [1.82, 2.24) is 9.47 Å². The van der Waals surface area contributed by atoms with Crippen molar-refractivity contribution in [2.24, 2.45) is 0 Å². The van der Waals surface area contributed by atoms with E-state index in [9.17, 15) is 27.6 Å². The number of ether oxygens (including phenoxy) is 1. The van der Waals surface area contributed by atoms with Crippen LogP contribution in [0.25, 0.3) is 0 Å². The van der Waals surface area contributed by atoms with Gasteiger partial charge in [0, 0.05) is 25.9 Å². The van der Waals surface area contributed by atoms with E-state index < -0.39 is 35.7 Å². The van der Waals surface area contributed by atoms with Crippen LogP contribution in [0.5, 0.6) is 0 Å². The van der Waals surface area contributed by atoms with Gasteiger partial charge in [0.05, 0.1) is 12.5 Å². The molecule has 1 aliphatic rings. The first-order valence-electron chi connectivity index (χ1n) is 8.06. The molecule has 1 fully saturated rings. The molecule has 1 N–H and O–H groups in total. The Balaban J connectivity index is 2.15. The molecule has 26 heavy (non-hydrogen) atoms. The highest BCUT2D eigenvalue weighted by Crippen LogP contribution is 2.26. The maximum absolute atomic E-state index is 12.8. The summed E-state index contributed by atoms with van der Waals surface area (Å²) in [5, 5.41) is 8.82. The number of aliphatic carboxylic acids is 1. The lowest BCUT2D eigenvalue weighted by molar-refractivity contribution is -0.141. The molecular formula is C16H19F3N2O5. The number of amides is 1. The minimum absolute atomic E-state index is 0.109. The quantitative estimate of drug-likeness (QED) is 0.776. The molecule has 1 aliphatic heterocycles. The van der Waals surface area contributed by atoms with Crippen LogP contribution < -0.4 is 5.56 Å². The second-order valence-electron chi connectivity index (χ2n) is 5.97. The van der Waals surface area contributed by atoms with Gasteiger partial charge in [-0.15, -0.1) is 0 Å². The molecule has 1 aromatic heterocycles. The van der Waals surface area contributed by atoms with Gasteiger partial charge in [-0.25, -0.2) is 0 Å². The smallest absolute Gasteiger partial charge is 0.421 e. The summed E-state index contributed by atoms with van der Waals surface area (Å²) in [6.07, 6.45) is -2.75. The van der Waals surface area contributed by atoms with E-state index in [1.165, 1.54) is 4.90 Å². The van der Waals surface area contributed by atoms with Crippen LogP contribution in [0.4, 0.5) is 13.2 Å². The summed E-state index contributed by atoms with van der Waals surface area (Å²) in [4.78, 5) is 36.4. The molecule has 0 spiro atoms. The maximum Gasteiger partial charge on any atom is 0.421 e. The molecule has 144 valence electrons. The third-order valence-electron chi connectivity index (χ3n) is 4.03. The first kappa shape index (κ1) is 20.0. The normalized spacial score (nSPS) is 17.3. The third-order valence-corrected chi connectivity index (χ3v) is 4.03. The van der Waals surface area contributed by atoms with Crippen LogP contribution in [0, 0.1) is 0 Å². The van der Waals surface area contributed by atoms with E-state index in [1.54, 1.807) is 0 Å². The Kier molecular flexibility index (Phi) is 6.41. The summed E-state index contributed by atoms with van der Waals surface area (Å²) in [6.45, 7) is -0.0324. The average Bonchev–Trinajstić information content (AvgIpc) is 3.05. The number of rotatable bonds is 7. The largest absolute Gasteiger partial charge is 0.481 e. The number of carboxylic acid groups (broad SMARTS) is 1. The second kappa shape index (κ2) is 8.35. The number of hydrogen-bond donors (Lipinski definition) is 1. The summed E-state index contributed by atoms with van der Waals surface area (Å²) < 4.78 is 44.5.